The largest absolute Gasteiger partial charge is 0.484 e. The summed E-state index contributed by atoms with van der Waals surface area (Å²) in [7, 11) is -8.03. The number of hydroxylamine groups is 2. The summed E-state index contributed by atoms with van der Waals surface area (Å²) in [4.78, 5) is 36.2. The second-order valence-electron chi connectivity index (χ2n) is 20.6. The summed E-state index contributed by atoms with van der Waals surface area (Å²) in [5.41, 5.74) is 5.87. The third-order valence-electron chi connectivity index (χ3n) is 15.8. The number of rotatable bonds is 16. The van der Waals surface area contributed by atoms with Crippen molar-refractivity contribution >= 4 is 44.3 Å². The molecule has 0 bridgehead atoms. The number of likely N-dealkylation sites (tertiary alicyclic amines) is 2. The molecule has 3 N–H and O–H groups in total. The zero-order valence-corrected chi connectivity index (χ0v) is 44.2. The van der Waals surface area contributed by atoms with Crippen LogP contribution in [0.1, 0.15) is 119 Å². The Morgan fingerprint density at radius 3 is 1.31 bits per heavy atom. The molecule has 7 fully saturated rings. The van der Waals surface area contributed by atoms with Gasteiger partial charge in [0.1, 0.15) is 11.5 Å². The van der Waals surface area contributed by atoms with Crippen molar-refractivity contribution in [1.82, 2.24) is 29.4 Å². The van der Waals surface area contributed by atoms with Gasteiger partial charge in [0, 0.05) is 77.5 Å². The first-order valence-corrected chi connectivity index (χ1v) is 28.6. The SMILES string of the molecule is Cl.O=C(NO)C1(S(=O)(=O)N2CCC(c3ccc(OCC(F)(F)F)cc3)CC2)CCN(C2CC2)CC1.O=C(NOC1CCCCO1)C1(S(=O)(=O)N2CCC(c3ccc(OCC(F)(F)F)cc3)CC2)CCN(C2CC2)CC1. The van der Waals surface area contributed by atoms with Gasteiger partial charge in [0.15, 0.2) is 29.0 Å². The van der Waals surface area contributed by atoms with Crippen molar-refractivity contribution in [2.24, 2.45) is 0 Å². The van der Waals surface area contributed by atoms with Crippen molar-refractivity contribution in [3.8, 4) is 11.5 Å². The number of nitrogens with zero attached hydrogens (tertiary/aromatic N) is 4. The van der Waals surface area contributed by atoms with Crippen LogP contribution < -0.4 is 20.4 Å². The zero-order chi connectivity index (χ0) is 52.9. The second kappa shape index (κ2) is 24.6. The van der Waals surface area contributed by atoms with Crippen LogP contribution in [-0.2, 0) is 39.2 Å². The Bertz CT molecular complexity index is 2420. The minimum Gasteiger partial charge on any atom is -0.484 e. The summed E-state index contributed by atoms with van der Waals surface area (Å²) in [6, 6.07) is 13.8. The summed E-state index contributed by atoms with van der Waals surface area (Å²) in [6.45, 7) is 0.872. The molecule has 0 spiro atoms. The summed E-state index contributed by atoms with van der Waals surface area (Å²) in [5.74, 6) is -1.16. The van der Waals surface area contributed by atoms with Crippen LogP contribution in [0, 0.1) is 0 Å². The molecule has 2 aliphatic carbocycles. The molecule has 0 aromatic heterocycles. The van der Waals surface area contributed by atoms with Gasteiger partial charge in [-0.1, -0.05) is 24.3 Å². The zero-order valence-electron chi connectivity index (χ0n) is 41.7. The number of nitrogens with one attached hydrogen (secondary N) is 2. The number of benzene rings is 2. The van der Waals surface area contributed by atoms with Gasteiger partial charge < -0.3 is 24.0 Å². The summed E-state index contributed by atoms with van der Waals surface area (Å²) < 4.78 is 144. The highest BCUT2D eigenvalue weighted by molar-refractivity contribution is 7.91. The quantitative estimate of drug-likeness (QED) is 0.0906. The predicted molar refractivity (Wildman–Crippen MR) is 264 cm³/mol. The van der Waals surface area contributed by atoms with E-state index in [0.717, 1.165) is 49.7 Å². The highest BCUT2D eigenvalue weighted by Gasteiger charge is 2.58. The maximum atomic E-state index is 14.1. The van der Waals surface area contributed by atoms with Gasteiger partial charge >= 0.3 is 12.4 Å². The fourth-order valence-corrected chi connectivity index (χ4v) is 15.4. The normalized spacial score (nSPS) is 24.0. The van der Waals surface area contributed by atoms with E-state index in [1.54, 1.807) is 29.7 Å². The molecule has 5 saturated heterocycles. The van der Waals surface area contributed by atoms with Crippen molar-refractivity contribution in [3.05, 3.63) is 59.7 Å². The lowest BCUT2D eigenvalue weighted by Crippen LogP contribution is -2.62. The number of hydrogen-bond acceptors (Lipinski definition) is 13. The van der Waals surface area contributed by atoms with Crippen LogP contribution in [0.3, 0.4) is 0 Å². The van der Waals surface area contributed by atoms with Crippen LogP contribution >= 0.6 is 12.4 Å². The van der Waals surface area contributed by atoms with Gasteiger partial charge in [-0.25, -0.2) is 41.2 Å². The Morgan fingerprint density at radius 2 is 0.973 bits per heavy atom. The number of sulfonamides is 2. The van der Waals surface area contributed by atoms with E-state index in [4.69, 9.17) is 19.0 Å². The van der Waals surface area contributed by atoms with Gasteiger partial charge in [0.05, 0.1) is 0 Å². The number of amides is 2. The molecule has 5 aliphatic heterocycles. The number of carbonyl (C=O) groups is 2. The van der Waals surface area contributed by atoms with Crippen LogP contribution in [0.25, 0.3) is 0 Å². The molecule has 422 valence electrons. The standard InChI is InChI=1S/C27H38F3N3O6S.C22H30F3N3O5S.ClH/c28-27(29,30)19-38-23-8-4-20(5-9-23)21-10-14-33(15-11-21)40(35,36)26(12-16-32(17-13-26)22-6-7-22)25(34)31-39-24-3-1-2-18-37-24;23-22(24,25)15-33-19-5-1-16(2-6-19)17-7-11-28(12-8-17)34(31,32)21(20(29)26-30)9-13-27(14-10-21)18-3-4-18;/h4-5,8-9,21-22,24H,1-3,6-7,10-19H2,(H,31,34);1-2,5-6,17-18,30H,3-4,7-15H2,(H,26,29);1H. The Hall–Kier alpha value is -3.53. The summed E-state index contributed by atoms with van der Waals surface area (Å²) >= 11 is 0. The van der Waals surface area contributed by atoms with E-state index in [2.05, 4.69) is 15.3 Å². The van der Waals surface area contributed by atoms with Gasteiger partial charge in [-0.3, -0.25) is 14.8 Å². The Morgan fingerprint density at radius 1 is 0.587 bits per heavy atom. The molecule has 2 amide bonds. The molecule has 75 heavy (non-hydrogen) atoms. The van der Waals surface area contributed by atoms with E-state index in [1.807, 2.05) is 0 Å². The fourth-order valence-electron chi connectivity index (χ4n) is 11.1. The monoisotopic (exact) mass is 1130 g/mol. The lowest BCUT2D eigenvalue weighted by Gasteiger charge is -2.43. The van der Waals surface area contributed by atoms with Crippen molar-refractivity contribution in [2.45, 2.75) is 148 Å². The van der Waals surface area contributed by atoms with Crippen molar-refractivity contribution < 1.29 is 77.0 Å². The van der Waals surface area contributed by atoms with E-state index in [-0.39, 0.29) is 87.6 Å². The summed E-state index contributed by atoms with van der Waals surface area (Å²) in [6.07, 6.45) is 0.285. The van der Waals surface area contributed by atoms with Gasteiger partial charge in [0.2, 0.25) is 20.0 Å². The molecule has 2 aromatic carbocycles. The van der Waals surface area contributed by atoms with Gasteiger partial charge in [-0.15, -0.1) is 12.4 Å². The van der Waals surface area contributed by atoms with Crippen molar-refractivity contribution in [2.75, 3.05) is 72.2 Å². The molecule has 26 heteroatoms. The molecule has 1 atom stereocenters. The maximum absolute atomic E-state index is 14.1. The number of alkyl halides is 6. The smallest absolute Gasteiger partial charge is 0.422 e. The number of ether oxygens (including phenoxy) is 3. The Kier molecular flexibility index (Phi) is 19.4. The number of piperidine rings is 4. The third-order valence-corrected chi connectivity index (χ3v) is 21.0. The van der Waals surface area contributed by atoms with E-state index in [0.29, 0.717) is 77.0 Å². The molecule has 9 rings (SSSR count). The third kappa shape index (κ3) is 14.4. The number of carbonyl (C=O) groups excluding carboxylic acids is 2. The minimum atomic E-state index is -4.41. The van der Waals surface area contributed by atoms with Crippen LogP contribution in [0.15, 0.2) is 48.5 Å². The first-order chi connectivity index (χ1) is 35.1. The molecular weight excluding hydrogens is 1060 g/mol. The molecule has 7 aliphatic rings. The average molecular weight is 1130 g/mol. The molecule has 2 saturated carbocycles. The molecule has 1 unspecified atom stereocenters. The molecule has 0 radical (unpaired) electrons. The van der Waals surface area contributed by atoms with Crippen molar-refractivity contribution in [3.63, 3.8) is 0 Å². The molecule has 2 aromatic rings. The maximum Gasteiger partial charge on any atom is 0.422 e. The Balaban J connectivity index is 0.000000219. The highest BCUT2D eigenvalue weighted by atomic mass is 35.5. The van der Waals surface area contributed by atoms with Crippen LogP contribution in [-0.4, -0.2) is 165 Å². The van der Waals surface area contributed by atoms with Crippen molar-refractivity contribution in [1.29, 1.82) is 0 Å². The van der Waals surface area contributed by atoms with E-state index in [1.165, 1.54) is 32.9 Å². The molecule has 17 nitrogen and oxygen atoms in total. The van der Waals surface area contributed by atoms with E-state index in [9.17, 15) is 58.0 Å². The van der Waals surface area contributed by atoms with Gasteiger partial charge in [-0.05, 0) is 137 Å². The van der Waals surface area contributed by atoms with Crippen LogP contribution in [0.2, 0.25) is 0 Å². The number of hydrogen-bond donors (Lipinski definition) is 3. The van der Waals surface area contributed by atoms with Crippen LogP contribution in [0.5, 0.6) is 11.5 Å². The lowest BCUT2D eigenvalue weighted by atomic mass is 9.90. The molecule has 5 heterocycles. The minimum absolute atomic E-state index is 0. The first kappa shape index (κ1) is 59.1. The lowest BCUT2D eigenvalue weighted by molar-refractivity contribution is -0.202. The van der Waals surface area contributed by atoms with Gasteiger partial charge in [0.25, 0.3) is 11.8 Å². The predicted octanol–water partition coefficient (Wildman–Crippen LogP) is 6.77. The number of halogens is 7. The average Bonchev–Trinajstić information content (AvgIpc) is 4.36. The highest BCUT2D eigenvalue weighted by Crippen LogP contribution is 2.42. The molecular formula is C49H69ClF6N6O11S2. The first-order valence-electron chi connectivity index (χ1n) is 25.7. The van der Waals surface area contributed by atoms with E-state index < -0.39 is 73.2 Å². The topological polar surface area (TPSA) is 197 Å². The van der Waals surface area contributed by atoms with E-state index >= 15 is 0 Å². The summed E-state index contributed by atoms with van der Waals surface area (Å²) in [5, 5.41) is 9.33. The second-order valence-corrected chi connectivity index (χ2v) is 25.1. The van der Waals surface area contributed by atoms with Gasteiger partial charge in [-0.2, -0.15) is 26.3 Å². The fraction of sp³-hybridized carbons (Fsp3) is 0.714. The Labute approximate surface area is 440 Å². The van der Waals surface area contributed by atoms with Crippen LogP contribution in [0.4, 0.5) is 26.3 Å².